The Bertz CT molecular complexity index is 1240. The molecule has 164 valence electrons. The molecule has 8 nitrogen and oxygen atoms in total. The van der Waals surface area contributed by atoms with Gasteiger partial charge in [-0.15, -0.1) is 0 Å². The molecule has 2 aromatic carbocycles. The Labute approximate surface area is 190 Å². The number of para-hydroxylation sites is 2. The molecule has 3 unspecified atom stereocenters. The molecule has 0 bridgehead atoms. The number of carboxylic acid groups (broad SMARTS) is 1. The maximum Gasteiger partial charge on any atom is 0.407 e. The molecule has 5 rings (SSSR count). The predicted octanol–water partition coefficient (Wildman–Crippen LogP) is 4.31. The van der Waals surface area contributed by atoms with Crippen LogP contribution in [0.2, 0.25) is 5.15 Å². The number of hydrogen-bond acceptors (Lipinski definition) is 6. The maximum absolute atomic E-state index is 11.6. The number of fused-ring (bicyclic) bond motifs is 2. The fraction of sp³-hybridized carbons (Fsp3) is 0.261. The van der Waals surface area contributed by atoms with Gasteiger partial charge in [0.05, 0.1) is 22.8 Å². The van der Waals surface area contributed by atoms with Crippen molar-refractivity contribution in [3.05, 3.63) is 72.0 Å². The van der Waals surface area contributed by atoms with E-state index in [2.05, 4.69) is 25.3 Å². The Morgan fingerprint density at radius 2 is 1.56 bits per heavy atom. The lowest BCUT2D eigenvalue weighted by molar-refractivity contribution is 0.0814. The first-order valence-electron chi connectivity index (χ1n) is 10.3. The van der Waals surface area contributed by atoms with Crippen LogP contribution >= 0.6 is 11.6 Å². The average Bonchev–Trinajstić information content (AvgIpc) is 2.79. The largest absolute Gasteiger partial charge is 0.465 e. The lowest BCUT2D eigenvalue weighted by atomic mass is 9.96. The highest BCUT2D eigenvalue weighted by molar-refractivity contribution is 6.33. The van der Waals surface area contributed by atoms with E-state index in [1.165, 1.54) is 17.6 Å². The summed E-state index contributed by atoms with van der Waals surface area (Å²) in [5.41, 5.74) is 2.47. The van der Waals surface area contributed by atoms with Gasteiger partial charge in [-0.1, -0.05) is 41.9 Å². The van der Waals surface area contributed by atoms with Crippen molar-refractivity contribution in [1.82, 2.24) is 30.2 Å². The van der Waals surface area contributed by atoms with E-state index in [1.807, 2.05) is 62.4 Å². The zero-order valence-corrected chi connectivity index (χ0v) is 18.4. The number of carbonyl (C=O) groups is 1. The molecule has 1 aliphatic heterocycles. The molecule has 1 saturated heterocycles. The third kappa shape index (κ3) is 4.46. The number of nitrogens with one attached hydrogen (secondary N) is 1. The zero-order valence-electron chi connectivity index (χ0n) is 17.7. The Kier molecular flexibility index (Phi) is 6.43. The second kappa shape index (κ2) is 9.42. The van der Waals surface area contributed by atoms with E-state index in [4.69, 9.17) is 11.6 Å². The van der Waals surface area contributed by atoms with Gasteiger partial charge in [0.25, 0.3) is 0 Å². The minimum Gasteiger partial charge on any atom is -0.465 e. The number of amides is 1. The highest BCUT2D eigenvalue weighted by Crippen LogP contribution is 2.31. The Morgan fingerprint density at radius 1 is 0.969 bits per heavy atom. The smallest absolute Gasteiger partial charge is 0.407 e. The van der Waals surface area contributed by atoms with E-state index in [0.29, 0.717) is 11.7 Å². The van der Waals surface area contributed by atoms with Crippen molar-refractivity contribution in [2.75, 3.05) is 6.54 Å². The first-order chi connectivity index (χ1) is 15.5. The molecular formula is C23H23ClN6O2. The van der Waals surface area contributed by atoms with Gasteiger partial charge in [-0.3, -0.25) is 4.90 Å². The van der Waals surface area contributed by atoms with Crippen molar-refractivity contribution in [2.24, 2.45) is 0 Å². The second-order valence-corrected chi connectivity index (χ2v) is 8.05. The monoisotopic (exact) mass is 450 g/mol. The lowest BCUT2D eigenvalue weighted by Crippen LogP contribution is -2.57. The quantitative estimate of drug-likeness (QED) is 0.416. The summed E-state index contributed by atoms with van der Waals surface area (Å²) in [4.78, 5) is 29.6. The molecule has 0 spiro atoms. The van der Waals surface area contributed by atoms with Gasteiger partial charge in [-0.2, -0.15) is 0 Å². The molecule has 0 aliphatic carbocycles. The van der Waals surface area contributed by atoms with Gasteiger partial charge >= 0.3 is 6.09 Å². The Morgan fingerprint density at radius 3 is 2.22 bits per heavy atom. The summed E-state index contributed by atoms with van der Waals surface area (Å²) in [6, 6.07) is 15.1. The van der Waals surface area contributed by atoms with Crippen molar-refractivity contribution in [3.8, 4) is 0 Å². The van der Waals surface area contributed by atoms with Crippen molar-refractivity contribution in [1.29, 1.82) is 0 Å². The summed E-state index contributed by atoms with van der Waals surface area (Å²) in [7, 11) is 0. The van der Waals surface area contributed by atoms with E-state index in [0.717, 1.165) is 27.5 Å². The highest BCUT2D eigenvalue weighted by atomic mass is 35.5. The normalized spacial score (nSPS) is 20.6. The van der Waals surface area contributed by atoms with Crippen LogP contribution < -0.4 is 5.32 Å². The molecule has 3 heterocycles. The number of benzene rings is 2. The van der Waals surface area contributed by atoms with Crippen molar-refractivity contribution >= 4 is 39.5 Å². The van der Waals surface area contributed by atoms with Crippen LogP contribution in [-0.2, 0) is 0 Å². The summed E-state index contributed by atoms with van der Waals surface area (Å²) >= 11 is 5.81. The number of hydrogen-bond donors (Lipinski definition) is 2. The first kappa shape index (κ1) is 21.9. The molecule has 1 aliphatic rings. The number of halogens is 1. The van der Waals surface area contributed by atoms with E-state index >= 15 is 0 Å². The topological polar surface area (TPSA) is 104 Å². The predicted molar refractivity (Wildman–Crippen MR) is 124 cm³/mol. The van der Waals surface area contributed by atoms with Crippen LogP contribution in [0.25, 0.3) is 21.8 Å². The van der Waals surface area contributed by atoms with Gasteiger partial charge in [0.1, 0.15) is 17.8 Å². The highest BCUT2D eigenvalue weighted by Gasteiger charge is 2.37. The van der Waals surface area contributed by atoms with Gasteiger partial charge in [0.15, 0.2) is 0 Å². The average molecular weight is 451 g/mol. The van der Waals surface area contributed by atoms with Crippen LogP contribution in [0.1, 0.15) is 25.6 Å². The van der Waals surface area contributed by atoms with Crippen molar-refractivity contribution in [2.45, 2.75) is 32.0 Å². The van der Waals surface area contributed by atoms with Crippen LogP contribution in [0.4, 0.5) is 4.79 Å². The van der Waals surface area contributed by atoms with E-state index in [1.54, 1.807) is 0 Å². The van der Waals surface area contributed by atoms with Gasteiger partial charge < -0.3 is 10.4 Å². The number of nitrogens with zero attached hydrogens (tertiary/aromatic N) is 5. The van der Waals surface area contributed by atoms with Gasteiger partial charge in [-0.05, 0) is 32.0 Å². The number of rotatable bonds is 1. The zero-order chi connectivity index (χ0) is 22.7. The molecule has 9 heteroatoms. The van der Waals surface area contributed by atoms with Gasteiger partial charge in [0, 0.05) is 29.4 Å². The van der Waals surface area contributed by atoms with Crippen molar-refractivity contribution < 1.29 is 9.90 Å². The summed E-state index contributed by atoms with van der Waals surface area (Å²) in [6.45, 7) is 4.43. The summed E-state index contributed by atoms with van der Waals surface area (Å²) < 4.78 is 0. The minimum atomic E-state index is -0.914. The third-order valence-corrected chi connectivity index (χ3v) is 5.72. The van der Waals surface area contributed by atoms with Crippen LogP contribution in [0.15, 0.2) is 61.2 Å². The number of aromatic nitrogens is 4. The SMILES string of the molecule is CC1CN(C(=O)O)C(c2ncnc3ccccc23)C(C)N1.Clc1ncnc2ccccc12. The molecular weight excluding hydrogens is 428 g/mol. The summed E-state index contributed by atoms with van der Waals surface area (Å²) in [5.74, 6) is 0. The minimum absolute atomic E-state index is 0.0110. The molecule has 2 aromatic heterocycles. The summed E-state index contributed by atoms with van der Waals surface area (Å²) in [6.07, 6.45) is 2.05. The molecule has 3 atom stereocenters. The van der Waals surface area contributed by atoms with E-state index in [-0.39, 0.29) is 18.1 Å². The fourth-order valence-electron chi connectivity index (χ4n) is 4.09. The number of piperazine rings is 1. The molecule has 32 heavy (non-hydrogen) atoms. The Hall–Kier alpha value is -3.36. The molecule has 4 aromatic rings. The Balaban J connectivity index is 0.000000186. The third-order valence-electron chi connectivity index (χ3n) is 5.42. The summed E-state index contributed by atoms with van der Waals surface area (Å²) in [5, 5.41) is 15.3. The van der Waals surface area contributed by atoms with Crippen LogP contribution in [0.3, 0.4) is 0 Å². The second-order valence-electron chi connectivity index (χ2n) is 7.69. The standard InChI is InChI=1S/C15H18N4O2.C8H5ClN2/c1-9-7-19(15(20)21)14(10(2)18-9)13-11-5-3-4-6-12(11)16-8-17-13;9-8-6-3-1-2-4-7(6)10-5-11-8/h3-6,8-10,14,18H,7H2,1-2H3,(H,20,21);1-5H. The fourth-order valence-corrected chi connectivity index (χ4v) is 4.29. The molecule has 0 radical (unpaired) electrons. The van der Waals surface area contributed by atoms with Crippen LogP contribution in [-0.4, -0.2) is 54.7 Å². The molecule has 2 N–H and O–H groups in total. The van der Waals surface area contributed by atoms with E-state index < -0.39 is 6.09 Å². The first-order valence-corrected chi connectivity index (χ1v) is 10.6. The van der Waals surface area contributed by atoms with E-state index in [9.17, 15) is 9.90 Å². The van der Waals surface area contributed by atoms with Crippen LogP contribution in [0, 0.1) is 0 Å². The van der Waals surface area contributed by atoms with Gasteiger partial charge in [-0.25, -0.2) is 24.7 Å². The van der Waals surface area contributed by atoms with Crippen molar-refractivity contribution in [3.63, 3.8) is 0 Å². The maximum atomic E-state index is 11.6. The van der Waals surface area contributed by atoms with Gasteiger partial charge in [0.2, 0.25) is 0 Å². The van der Waals surface area contributed by atoms with Crippen LogP contribution in [0.5, 0.6) is 0 Å². The molecule has 0 saturated carbocycles. The lowest BCUT2D eigenvalue weighted by Gasteiger charge is -2.41. The molecule has 1 amide bonds. The molecule has 1 fully saturated rings.